The fourth-order valence-corrected chi connectivity index (χ4v) is 4.27. The molecule has 0 bridgehead atoms. The van der Waals surface area contributed by atoms with Crippen molar-refractivity contribution in [1.82, 2.24) is 4.98 Å². The van der Waals surface area contributed by atoms with Gasteiger partial charge >= 0.3 is 0 Å². The molecule has 2 aromatic heterocycles. The fraction of sp³-hybridized carbons (Fsp3) is 0.100. The van der Waals surface area contributed by atoms with E-state index in [1.54, 1.807) is 23.5 Å². The van der Waals surface area contributed by atoms with Gasteiger partial charge in [0.25, 0.3) is 5.91 Å². The highest BCUT2D eigenvalue weighted by Gasteiger charge is 2.17. The molecule has 4 rings (SSSR count). The Morgan fingerprint density at radius 2 is 1.82 bits per heavy atom. The Hall–Kier alpha value is -2.97. The van der Waals surface area contributed by atoms with Gasteiger partial charge in [-0.2, -0.15) is 0 Å². The fourth-order valence-electron chi connectivity index (χ4n) is 2.71. The van der Waals surface area contributed by atoms with Crippen LogP contribution in [0.4, 0.5) is 5.69 Å². The summed E-state index contributed by atoms with van der Waals surface area (Å²) in [5, 5.41) is 3.49. The number of carbonyl (C=O) groups is 1. The zero-order valence-corrected chi connectivity index (χ0v) is 16.5. The summed E-state index contributed by atoms with van der Waals surface area (Å²) < 4.78 is 29.2. The van der Waals surface area contributed by atoms with Crippen molar-refractivity contribution in [3.63, 3.8) is 0 Å². The molecular formula is C20H16N2O4S2. The molecule has 0 spiro atoms. The second-order valence-electron chi connectivity index (χ2n) is 6.29. The zero-order chi connectivity index (χ0) is 19.7. The standard InChI is InChI=1S/C20H16N2O4S2/c1-28(24,25)19-11-10-16(26-19)20(23)21-14-8-6-13(7-9-14)12-18-22-15-4-2-3-5-17(15)27-18/h2-11H,12H2,1H3,(H,21,23). The molecule has 0 atom stereocenters. The molecule has 0 radical (unpaired) electrons. The van der Waals surface area contributed by atoms with Crippen molar-refractivity contribution in [3.05, 3.63) is 77.0 Å². The molecule has 2 heterocycles. The number of carbonyl (C=O) groups excluding carboxylic acids is 1. The first-order chi connectivity index (χ1) is 13.4. The highest BCUT2D eigenvalue weighted by atomic mass is 32.2. The number of hydrogen-bond acceptors (Lipinski definition) is 6. The highest BCUT2D eigenvalue weighted by Crippen LogP contribution is 2.24. The predicted molar refractivity (Wildman–Crippen MR) is 109 cm³/mol. The van der Waals surface area contributed by atoms with E-state index in [9.17, 15) is 13.2 Å². The van der Waals surface area contributed by atoms with Gasteiger partial charge in [0.2, 0.25) is 14.9 Å². The molecule has 0 aliphatic heterocycles. The molecule has 1 amide bonds. The number of hydrogen-bond donors (Lipinski definition) is 1. The minimum atomic E-state index is -3.49. The molecule has 0 saturated heterocycles. The van der Waals surface area contributed by atoms with E-state index in [1.165, 1.54) is 12.1 Å². The lowest BCUT2D eigenvalue weighted by Crippen LogP contribution is -2.10. The third-order valence-electron chi connectivity index (χ3n) is 4.08. The zero-order valence-electron chi connectivity index (χ0n) is 14.9. The molecular weight excluding hydrogens is 396 g/mol. The minimum absolute atomic E-state index is 0.0565. The van der Waals surface area contributed by atoms with E-state index in [4.69, 9.17) is 4.42 Å². The second-order valence-corrected chi connectivity index (χ2v) is 9.36. The first-order valence-electron chi connectivity index (χ1n) is 8.43. The summed E-state index contributed by atoms with van der Waals surface area (Å²) in [5.74, 6) is -0.562. The Balaban J connectivity index is 1.44. The molecule has 2 aromatic carbocycles. The molecule has 28 heavy (non-hydrogen) atoms. The first-order valence-corrected chi connectivity index (χ1v) is 11.1. The van der Waals surface area contributed by atoms with Crippen molar-refractivity contribution >= 4 is 43.0 Å². The average molecular weight is 412 g/mol. The third-order valence-corrected chi connectivity index (χ3v) is 6.06. The summed E-state index contributed by atoms with van der Waals surface area (Å²) in [4.78, 5) is 16.8. The summed E-state index contributed by atoms with van der Waals surface area (Å²) in [5.41, 5.74) is 2.67. The van der Waals surface area contributed by atoms with Crippen molar-refractivity contribution in [1.29, 1.82) is 0 Å². The van der Waals surface area contributed by atoms with Crippen molar-refractivity contribution in [2.75, 3.05) is 11.6 Å². The number of thiazole rings is 1. The second kappa shape index (κ2) is 7.21. The molecule has 1 N–H and O–H groups in total. The lowest BCUT2D eigenvalue weighted by atomic mass is 10.1. The van der Waals surface area contributed by atoms with Gasteiger partial charge in [0.05, 0.1) is 15.2 Å². The summed E-state index contributed by atoms with van der Waals surface area (Å²) >= 11 is 1.67. The van der Waals surface area contributed by atoms with Crippen LogP contribution in [0.5, 0.6) is 0 Å². The molecule has 4 aromatic rings. The number of anilines is 1. The Morgan fingerprint density at radius 1 is 1.07 bits per heavy atom. The number of amides is 1. The molecule has 6 nitrogen and oxygen atoms in total. The lowest BCUT2D eigenvalue weighted by Gasteiger charge is -2.04. The molecule has 0 unspecified atom stereocenters. The number of aromatic nitrogens is 1. The Labute approximate surface area is 165 Å². The van der Waals surface area contributed by atoms with Gasteiger partial charge in [0, 0.05) is 18.4 Å². The van der Waals surface area contributed by atoms with E-state index in [2.05, 4.69) is 16.4 Å². The van der Waals surface area contributed by atoms with Crippen LogP contribution in [-0.2, 0) is 16.3 Å². The van der Waals surface area contributed by atoms with Crippen LogP contribution in [0.25, 0.3) is 10.2 Å². The number of furan rings is 1. The predicted octanol–water partition coefficient (Wildman–Crippen LogP) is 4.14. The molecule has 142 valence electrons. The van der Waals surface area contributed by atoms with Crippen LogP contribution in [0.15, 0.2) is 70.2 Å². The van der Waals surface area contributed by atoms with Gasteiger partial charge in [0.1, 0.15) is 0 Å². The van der Waals surface area contributed by atoms with E-state index in [-0.39, 0.29) is 10.9 Å². The maximum absolute atomic E-state index is 12.2. The first kappa shape index (κ1) is 18.4. The van der Waals surface area contributed by atoms with E-state index >= 15 is 0 Å². The highest BCUT2D eigenvalue weighted by molar-refractivity contribution is 7.90. The average Bonchev–Trinajstić information content (AvgIpc) is 3.29. The van der Waals surface area contributed by atoms with Gasteiger partial charge in [-0.25, -0.2) is 13.4 Å². The number of sulfone groups is 1. The molecule has 0 saturated carbocycles. The van der Waals surface area contributed by atoms with Crippen molar-refractivity contribution in [2.45, 2.75) is 11.5 Å². The van der Waals surface area contributed by atoms with E-state index in [0.29, 0.717) is 12.1 Å². The maximum Gasteiger partial charge on any atom is 0.291 e. The van der Waals surface area contributed by atoms with Gasteiger partial charge in [-0.05, 0) is 42.0 Å². The monoisotopic (exact) mass is 412 g/mol. The van der Waals surface area contributed by atoms with Crippen LogP contribution in [-0.4, -0.2) is 25.6 Å². The number of benzene rings is 2. The quantitative estimate of drug-likeness (QED) is 0.532. The van der Waals surface area contributed by atoms with Crippen molar-refractivity contribution < 1.29 is 17.6 Å². The summed E-state index contributed by atoms with van der Waals surface area (Å²) in [6, 6.07) is 18.1. The molecule has 0 aliphatic carbocycles. The molecule has 8 heteroatoms. The van der Waals surface area contributed by atoms with Crippen LogP contribution in [0.2, 0.25) is 0 Å². The molecule has 0 fully saturated rings. The number of nitrogens with zero attached hydrogens (tertiary/aromatic N) is 1. The van der Waals surface area contributed by atoms with Crippen LogP contribution < -0.4 is 5.32 Å². The van der Waals surface area contributed by atoms with Crippen molar-refractivity contribution in [2.24, 2.45) is 0 Å². The summed E-state index contributed by atoms with van der Waals surface area (Å²) in [7, 11) is -3.49. The Kier molecular flexibility index (Phi) is 4.74. The number of nitrogens with one attached hydrogen (secondary N) is 1. The van der Waals surface area contributed by atoms with Crippen LogP contribution >= 0.6 is 11.3 Å². The van der Waals surface area contributed by atoms with E-state index in [0.717, 1.165) is 27.0 Å². The van der Waals surface area contributed by atoms with Gasteiger partial charge in [-0.15, -0.1) is 11.3 Å². The molecule has 0 aliphatic rings. The van der Waals surface area contributed by atoms with E-state index < -0.39 is 15.7 Å². The number of rotatable bonds is 5. The van der Waals surface area contributed by atoms with Gasteiger partial charge in [-0.1, -0.05) is 24.3 Å². The summed E-state index contributed by atoms with van der Waals surface area (Å²) in [6.45, 7) is 0. The maximum atomic E-state index is 12.2. The number of para-hydroxylation sites is 1. The van der Waals surface area contributed by atoms with Gasteiger partial charge in [-0.3, -0.25) is 4.79 Å². The topological polar surface area (TPSA) is 89.3 Å². The summed E-state index contributed by atoms with van der Waals surface area (Å²) in [6.07, 6.45) is 1.74. The minimum Gasteiger partial charge on any atom is -0.440 e. The van der Waals surface area contributed by atoms with Gasteiger partial charge < -0.3 is 9.73 Å². The SMILES string of the molecule is CS(=O)(=O)c1ccc(C(=O)Nc2ccc(Cc3nc4ccccc4s3)cc2)o1. The third kappa shape index (κ3) is 3.97. The van der Waals surface area contributed by atoms with Crippen LogP contribution in [0.1, 0.15) is 21.1 Å². The Bertz CT molecular complexity index is 1220. The smallest absolute Gasteiger partial charge is 0.291 e. The number of fused-ring (bicyclic) bond motifs is 1. The lowest BCUT2D eigenvalue weighted by molar-refractivity contribution is 0.0991. The van der Waals surface area contributed by atoms with Crippen LogP contribution in [0, 0.1) is 0 Å². The van der Waals surface area contributed by atoms with Crippen molar-refractivity contribution in [3.8, 4) is 0 Å². The van der Waals surface area contributed by atoms with Gasteiger partial charge in [0.15, 0.2) is 5.76 Å². The normalized spacial score (nSPS) is 11.6. The van der Waals surface area contributed by atoms with E-state index in [1.807, 2.05) is 30.3 Å². The van der Waals surface area contributed by atoms with Crippen LogP contribution in [0.3, 0.4) is 0 Å². The largest absolute Gasteiger partial charge is 0.440 e. The Morgan fingerprint density at radius 3 is 2.50 bits per heavy atom.